The molecule has 0 bridgehead atoms. The van der Waals surface area contributed by atoms with E-state index >= 15 is 0 Å². The highest BCUT2D eigenvalue weighted by Gasteiger charge is 2.36. The summed E-state index contributed by atoms with van der Waals surface area (Å²) in [5, 5.41) is 3.50. The Kier molecular flexibility index (Phi) is 8.40. The summed E-state index contributed by atoms with van der Waals surface area (Å²) in [4.78, 5) is 0. The van der Waals surface area contributed by atoms with Gasteiger partial charge >= 0.3 is 0 Å². The largest absolute Gasteiger partial charge is 0.399 e. The number of para-hydroxylation sites is 1. The molecule has 3 heteroatoms. The lowest BCUT2D eigenvalue weighted by Gasteiger charge is -2.22. The number of hydrogen-bond donors (Lipinski definition) is 2. The van der Waals surface area contributed by atoms with Crippen LogP contribution >= 0.6 is 15.9 Å². The number of nitrogens with two attached hydrogens (primary N) is 1. The van der Waals surface area contributed by atoms with Crippen LogP contribution in [0.4, 0.5) is 17.1 Å². The SMILES string of the molecule is Brc1ccccc1.CC1(C)c2ccccc2-c2ccc(N)cc21.CC1(C)c2ccccc2-c2ccc(Nc3ccccc3)cc21. The van der Waals surface area contributed by atoms with Gasteiger partial charge in [0.25, 0.3) is 0 Å². The lowest BCUT2D eigenvalue weighted by Crippen LogP contribution is -2.15. The molecule has 2 nitrogen and oxygen atoms in total. The number of benzene rings is 6. The number of halogens is 1. The number of rotatable bonds is 2. The highest BCUT2D eigenvalue weighted by atomic mass is 79.9. The average molecular weight is 652 g/mol. The van der Waals surface area contributed by atoms with Gasteiger partial charge in [0, 0.05) is 32.4 Å². The fraction of sp³-hybridized carbons (Fsp3) is 0.143. The van der Waals surface area contributed by atoms with E-state index in [9.17, 15) is 0 Å². The van der Waals surface area contributed by atoms with E-state index in [4.69, 9.17) is 5.73 Å². The number of hydrogen-bond acceptors (Lipinski definition) is 2. The van der Waals surface area contributed by atoms with Gasteiger partial charge in [0.05, 0.1) is 0 Å². The molecule has 224 valence electrons. The van der Waals surface area contributed by atoms with Gasteiger partial charge < -0.3 is 11.1 Å². The van der Waals surface area contributed by atoms with Crippen LogP contribution in [0, 0.1) is 0 Å². The molecule has 0 amide bonds. The van der Waals surface area contributed by atoms with Crippen molar-refractivity contribution in [1.82, 2.24) is 0 Å². The average Bonchev–Trinajstić information content (AvgIpc) is 3.42. The van der Waals surface area contributed by atoms with Gasteiger partial charge in [-0.05, 0) is 93.0 Å². The zero-order chi connectivity index (χ0) is 31.6. The third kappa shape index (κ3) is 6.06. The number of fused-ring (bicyclic) bond motifs is 6. The molecule has 0 unspecified atom stereocenters. The lowest BCUT2D eigenvalue weighted by atomic mass is 9.82. The Morgan fingerprint density at radius 2 is 0.889 bits per heavy atom. The number of nitrogens with one attached hydrogen (secondary N) is 1. The standard InChI is InChI=1S/C21H19N.C15H15N.C6H5Br/c1-21(2)19-11-7-6-10-17(19)18-13-12-16(14-20(18)21)22-15-8-4-3-5-9-15;1-15(2)13-6-4-3-5-11(13)12-8-7-10(16)9-14(12)15;7-6-4-2-1-3-5-6/h3-14,22H,1-2H3;3-9H,16H2,1-2H3;1-5H. The minimum absolute atomic E-state index is 0.0559. The van der Waals surface area contributed by atoms with Crippen molar-refractivity contribution in [3.8, 4) is 22.3 Å². The molecule has 0 radical (unpaired) electrons. The Morgan fingerprint density at radius 3 is 1.42 bits per heavy atom. The molecule has 0 atom stereocenters. The minimum atomic E-state index is 0.0559. The Labute approximate surface area is 276 Å². The number of anilines is 3. The summed E-state index contributed by atoms with van der Waals surface area (Å²) < 4.78 is 1.13. The summed E-state index contributed by atoms with van der Waals surface area (Å²) in [5.74, 6) is 0. The number of nitrogen functional groups attached to an aromatic ring is 1. The molecule has 45 heavy (non-hydrogen) atoms. The van der Waals surface area contributed by atoms with Crippen molar-refractivity contribution in [2.24, 2.45) is 0 Å². The zero-order valence-corrected chi connectivity index (χ0v) is 27.9. The van der Waals surface area contributed by atoms with E-state index in [1.807, 2.05) is 42.5 Å². The minimum Gasteiger partial charge on any atom is -0.399 e. The highest BCUT2D eigenvalue weighted by molar-refractivity contribution is 9.10. The summed E-state index contributed by atoms with van der Waals surface area (Å²) in [6.07, 6.45) is 0. The first kappa shape index (κ1) is 30.4. The molecular formula is C42H39BrN2. The maximum absolute atomic E-state index is 5.89. The van der Waals surface area contributed by atoms with Gasteiger partial charge in [0.15, 0.2) is 0 Å². The lowest BCUT2D eigenvalue weighted by molar-refractivity contribution is 0.660. The van der Waals surface area contributed by atoms with E-state index < -0.39 is 0 Å². The maximum Gasteiger partial charge on any atom is 0.0387 e. The zero-order valence-electron chi connectivity index (χ0n) is 26.3. The van der Waals surface area contributed by atoms with Crippen molar-refractivity contribution >= 4 is 33.0 Å². The van der Waals surface area contributed by atoms with Crippen molar-refractivity contribution in [2.75, 3.05) is 11.1 Å². The smallest absolute Gasteiger partial charge is 0.0387 e. The fourth-order valence-corrected chi connectivity index (χ4v) is 6.91. The molecule has 3 N–H and O–H groups in total. The van der Waals surface area contributed by atoms with Crippen LogP contribution in [-0.2, 0) is 10.8 Å². The highest BCUT2D eigenvalue weighted by Crippen LogP contribution is 2.50. The van der Waals surface area contributed by atoms with Crippen molar-refractivity contribution in [3.05, 3.63) is 172 Å². The topological polar surface area (TPSA) is 38.0 Å². The second-order valence-corrected chi connectivity index (χ2v) is 13.6. The molecule has 6 aromatic rings. The van der Waals surface area contributed by atoms with Crippen LogP contribution in [0.2, 0.25) is 0 Å². The van der Waals surface area contributed by atoms with Gasteiger partial charge in [-0.25, -0.2) is 0 Å². The van der Waals surface area contributed by atoms with Gasteiger partial charge in [0.1, 0.15) is 0 Å². The fourth-order valence-electron chi connectivity index (χ4n) is 6.61. The monoisotopic (exact) mass is 650 g/mol. The second kappa shape index (κ2) is 12.4. The van der Waals surface area contributed by atoms with E-state index in [0.29, 0.717) is 0 Å². The van der Waals surface area contributed by atoms with Gasteiger partial charge in [-0.3, -0.25) is 0 Å². The van der Waals surface area contributed by atoms with Crippen LogP contribution in [0.15, 0.2) is 150 Å². The van der Waals surface area contributed by atoms with Crippen LogP contribution in [0.5, 0.6) is 0 Å². The van der Waals surface area contributed by atoms with Crippen LogP contribution in [0.3, 0.4) is 0 Å². The molecule has 0 saturated heterocycles. The molecular weight excluding hydrogens is 612 g/mol. The van der Waals surface area contributed by atoms with E-state index in [1.54, 1.807) is 0 Å². The van der Waals surface area contributed by atoms with Crippen molar-refractivity contribution in [2.45, 2.75) is 38.5 Å². The third-order valence-electron chi connectivity index (χ3n) is 8.99. The molecule has 0 spiro atoms. The molecule has 0 aliphatic heterocycles. The van der Waals surface area contributed by atoms with E-state index in [2.05, 4.69) is 152 Å². The van der Waals surface area contributed by atoms with Crippen molar-refractivity contribution in [1.29, 1.82) is 0 Å². The van der Waals surface area contributed by atoms with Crippen LogP contribution in [-0.4, -0.2) is 0 Å². The van der Waals surface area contributed by atoms with Crippen LogP contribution in [0.1, 0.15) is 49.9 Å². The molecule has 0 fully saturated rings. The molecule has 0 saturated carbocycles. The quantitative estimate of drug-likeness (QED) is 0.183. The Morgan fingerprint density at radius 1 is 0.444 bits per heavy atom. The summed E-state index contributed by atoms with van der Waals surface area (Å²) >= 11 is 3.31. The van der Waals surface area contributed by atoms with E-state index in [0.717, 1.165) is 21.5 Å². The normalized spacial score (nSPS) is 13.9. The summed E-state index contributed by atoms with van der Waals surface area (Å²) in [6, 6.07) is 50.6. The van der Waals surface area contributed by atoms with E-state index in [1.165, 1.54) is 44.5 Å². The molecule has 2 aliphatic carbocycles. The van der Waals surface area contributed by atoms with Crippen molar-refractivity contribution in [3.63, 3.8) is 0 Å². The summed E-state index contributed by atoms with van der Waals surface area (Å²) in [7, 11) is 0. The predicted molar refractivity (Wildman–Crippen MR) is 196 cm³/mol. The van der Waals surface area contributed by atoms with Gasteiger partial charge in [-0.15, -0.1) is 0 Å². The van der Waals surface area contributed by atoms with Gasteiger partial charge in [-0.1, -0.05) is 141 Å². The first-order valence-electron chi connectivity index (χ1n) is 15.4. The van der Waals surface area contributed by atoms with Gasteiger partial charge in [0.2, 0.25) is 0 Å². The summed E-state index contributed by atoms with van der Waals surface area (Å²) in [5.41, 5.74) is 20.1. The Hall–Kier alpha value is -4.60. The molecule has 2 aliphatic rings. The Bertz CT molecular complexity index is 1940. The second-order valence-electron chi connectivity index (χ2n) is 12.7. The van der Waals surface area contributed by atoms with Crippen LogP contribution < -0.4 is 11.1 Å². The predicted octanol–water partition coefficient (Wildman–Crippen LogP) is 11.8. The summed E-state index contributed by atoms with van der Waals surface area (Å²) in [6.45, 7) is 9.14. The third-order valence-corrected chi connectivity index (χ3v) is 9.52. The Balaban J connectivity index is 0.000000135. The molecule has 6 aromatic carbocycles. The van der Waals surface area contributed by atoms with Crippen LogP contribution in [0.25, 0.3) is 22.3 Å². The van der Waals surface area contributed by atoms with E-state index in [-0.39, 0.29) is 10.8 Å². The molecule has 0 aromatic heterocycles. The molecule has 8 rings (SSSR count). The first-order chi connectivity index (χ1) is 21.7. The first-order valence-corrected chi connectivity index (χ1v) is 16.2. The van der Waals surface area contributed by atoms with Gasteiger partial charge in [-0.2, -0.15) is 0 Å². The molecule has 0 heterocycles. The maximum atomic E-state index is 5.89. The van der Waals surface area contributed by atoms with Crippen molar-refractivity contribution < 1.29 is 0 Å².